The fraction of sp³-hybridized carbons (Fsp3) is 0.500. The molecule has 4 heteroatoms. The first kappa shape index (κ1) is 11.1. The molecule has 0 unspecified atom stereocenters. The average molecular weight is 220 g/mol. The van der Waals surface area contributed by atoms with Crippen molar-refractivity contribution in [1.82, 2.24) is 4.98 Å². The number of rotatable bonds is 2. The minimum atomic E-state index is 0.0572. The highest BCUT2D eigenvalue weighted by Gasteiger charge is 2.23. The van der Waals surface area contributed by atoms with Crippen LogP contribution in [0.5, 0.6) is 0 Å². The van der Waals surface area contributed by atoms with Gasteiger partial charge in [-0.1, -0.05) is 0 Å². The molecule has 4 nitrogen and oxygen atoms in total. The molecule has 1 aliphatic heterocycles. The zero-order chi connectivity index (χ0) is 11.5. The maximum absolute atomic E-state index is 11.5. The van der Waals surface area contributed by atoms with Crippen molar-refractivity contribution in [2.24, 2.45) is 0 Å². The third-order valence-electron chi connectivity index (χ3n) is 2.81. The number of morpholine rings is 1. The minimum Gasteiger partial charge on any atom is -0.377 e. The standard InChI is InChI=1S/C12H16N2O2/c1-9-8-16-7-6-14(9)12-11(10(2)15)4-3-5-13-12/h3-5,9H,6-8H2,1-2H3/t9-/m1/s1. The first-order valence-corrected chi connectivity index (χ1v) is 5.50. The van der Waals surface area contributed by atoms with Crippen LogP contribution in [0, 0.1) is 0 Å². The molecule has 1 fully saturated rings. The Balaban J connectivity index is 2.34. The summed E-state index contributed by atoms with van der Waals surface area (Å²) < 4.78 is 5.38. The third kappa shape index (κ3) is 2.07. The van der Waals surface area contributed by atoms with E-state index in [1.807, 2.05) is 6.07 Å². The fourth-order valence-electron chi connectivity index (χ4n) is 1.94. The van der Waals surface area contributed by atoms with Gasteiger partial charge in [-0.05, 0) is 26.0 Å². The lowest BCUT2D eigenvalue weighted by molar-refractivity contribution is 0.0970. The summed E-state index contributed by atoms with van der Waals surface area (Å²) in [5, 5.41) is 0. The molecule has 16 heavy (non-hydrogen) atoms. The van der Waals surface area contributed by atoms with Gasteiger partial charge in [0.15, 0.2) is 5.78 Å². The number of Topliss-reactive ketones (excluding diaryl/α,β-unsaturated/α-hetero) is 1. The molecule has 0 spiro atoms. The molecular formula is C12H16N2O2. The van der Waals surface area contributed by atoms with Crippen LogP contribution in [-0.2, 0) is 4.74 Å². The lowest BCUT2D eigenvalue weighted by atomic mass is 10.1. The summed E-state index contributed by atoms with van der Waals surface area (Å²) in [7, 11) is 0. The van der Waals surface area contributed by atoms with Crippen LogP contribution >= 0.6 is 0 Å². The van der Waals surface area contributed by atoms with Gasteiger partial charge in [0.1, 0.15) is 5.82 Å². The van der Waals surface area contributed by atoms with Crippen LogP contribution < -0.4 is 4.90 Å². The largest absolute Gasteiger partial charge is 0.377 e. The first-order valence-electron chi connectivity index (χ1n) is 5.50. The SMILES string of the molecule is CC(=O)c1cccnc1N1CCOC[C@H]1C. The van der Waals surface area contributed by atoms with Crippen LogP contribution in [0.3, 0.4) is 0 Å². The highest BCUT2D eigenvalue weighted by molar-refractivity contribution is 5.98. The van der Waals surface area contributed by atoms with E-state index in [-0.39, 0.29) is 11.8 Å². The highest BCUT2D eigenvalue weighted by Crippen LogP contribution is 2.21. The second-order valence-corrected chi connectivity index (χ2v) is 4.05. The summed E-state index contributed by atoms with van der Waals surface area (Å²) in [5.74, 6) is 0.840. The van der Waals surface area contributed by atoms with E-state index < -0.39 is 0 Å². The Kier molecular flexibility index (Phi) is 3.19. The number of hydrogen-bond acceptors (Lipinski definition) is 4. The van der Waals surface area contributed by atoms with Gasteiger partial charge in [0, 0.05) is 12.7 Å². The van der Waals surface area contributed by atoms with Crippen molar-refractivity contribution in [2.75, 3.05) is 24.7 Å². The van der Waals surface area contributed by atoms with Crippen molar-refractivity contribution in [3.63, 3.8) is 0 Å². The van der Waals surface area contributed by atoms with Gasteiger partial charge in [-0.2, -0.15) is 0 Å². The molecular weight excluding hydrogens is 204 g/mol. The molecule has 2 rings (SSSR count). The Morgan fingerprint density at radius 2 is 2.44 bits per heavy atom. The Bertz CT molecular complexity index is 392. The molecule has 0 aromatic carbocycles. The molecule has 0 radical (unpaired) electrons. The van der Waals surface area contributed by atoms with Gasteiger partial charge in [-0.3, -0.25) is 4.79 Å². The van der Waals surface area contributed by atoms with Gasteiger partial charge < -0.3 is 9.64 Å². The number of pyridine rings is 1. The summed E-state index contributed by atoms with van der Waals surface area (Å²) in [6.45, 7) is 5.83. The number of nitrogens with zero attached hydrogens (tertiary/aromatic N) is 2. The lowest BCUT2D eigenvalue weighted by Crippen LogP contribution is -2.44. The lowest BCUT2D eigenvalue weighted by Gasteiger charge is -2.35. The monoisotopic (exact) mass is 220 g/mol. The smallest absolute Gasteiger partial charge is 0.163 e. The van der Waals surface area contributed by atoms with Gasteiger partial charge in [0.2, 0.25) is 0 Å². The van der Waals surface area contributed by atoms with Crippen molar-refractivity contribution in [3.8, 4) is 0 Å². The van der Waals surface area contributed by atoms with E-state index in [0.29, 0.717) is 18.8 Å². The molecule has 86 valence electrons. The topological polar surface area (TPSA) is 42.4 Å². The van der Waals surface area contributed by atoms with E-state index in [1.165, 1.54) is 0 Å². The second kappa shape index (κ2) is 4.61. The van der Waals surface area contributed by atoms with Crippen LogP contribution in [0.25, 0.3) is 0 Å². The maximum Gasteiger partial charge on any atom is 0.163 e. The van der Waals surface area contributed by atoms with Crippen molar-refractivity contribution in [3.05, 3.63) is 23.9 Å². The maximum atomic E-state index is 11.5. The quantitative estimate of drug-likeness (QED) is 0.708. The molecule has 1 aliphatic rings. The number of ketones is 1. The number of hydrogen-bond donors (Lipinski definition) is 0. The summed E-state index contributed by atoms with van der Waals surface area (Å²) in [5.41, 5.74) is 0.691. The predicted octanol–water partition coefficient (Wildman–Crippen LogP) is 1.51. The Morgan fingerprint density at radius 1 is 1.62 bits per heavy atom. The van der Waals surface area contributed by atoms with E-state index in [2.05, 4.69) is 16.8 Å². The zero-order valence-corrected chi connectivity index (χ0v) is 9.64. The van der Waals surface area contributed by atoms with E-state index >= 15 is 0 Å². The molecule has 1 aromatic heterocycles. The van der Waals surface area contributed by atoms with E-state index in [9.17, 15) is 4.79 Å². The summed E-state index contributed by atoms with van der Waals surface area (Å²) in [4.78, 5) is 18.0. The third-order valence-corrected chi connectivity index (χ3v) is 2.81. The van der Waals surface area contributed by atoms with Crippen LogP contribution in [0.2, 0.25) is 0 Å². The van der Waals surface area contributed by atoms with Crippen molar-refractivity contribution >= 4 is 11.6 Å². The molecule has 0 bridgehead atoms. The van der Waals surface area contributed by atoms with Crippen molar-refractivity contribution < 1.29 is 9.53 Å². The van der Waals surface area contributed by atoms with E-state index in [1.54, 1.807) is 19.2 Å². The molecule has 2 heterocycles. The molecule has 0 amide bonds. The van der Waals surface area contributed by atoms with Gasteiger partial charge >= 0.3 is 0 Å². The molecule has 0 N–H and O–H groups in total. The molecule has 0 saturated carbocycles. The van der Waals surface area contributed by atoms with Gasteiger partial charge in [0.05, 0.1) is 24.8 Å². The van der Waals surface area contributed by atoms with Crippen LogP contribution in [0.15, 0.2) is 18.3 Å². The van der Waals surface area contributed by atoms with Crippen LogP contribution in [0.1, 0.15) is 24.2 Å². The number of ether oxygens (including phenoxy) is 1. The number of anilines is 1. The van der Waals surface area contributed by atoms with Crippen LogP contribution in [0.4, 0.5) is 5.82 Å². The molecule has 1 saturated heterocycles. The second-order valence-electron chi connectivity index (χ2n) is 4.05. The number of aromatic nitrogens is 1. The van der Waals surface area contributed by atoms with Crippen molar-refractivity contribution in [2.45, 2.75) is 19.9 Å². The average Bonchev–Trinajstić information content (AvgIpc) is 2.29. The summed E-state index contributed by atoms with van der Waals surface area (Å²) in [6, 6.07) is 3.89. The Morgan fingerprint density at radius 3 is 3.12 bits per heavy atom. The summed E-state index contributed by atoms with van der Waals surface area (Å²) in [6.07, 6.45) is 1.73. The fourth-order valence-corrected chi connectivity index (χ4v) is 1.94. The highest BCUT2D eigenvalue weighted by atomic mass is 16.5. The summed E-state index contributed by atoms with van der Waals surface area (Å²) >= 11 is 0. The number of carbonyl (C=O) groups is 1. The van der Waals surface area contributed by atoms with Crippen molar-refractivity contribution in [1.29, 1.82) is 0 Å². The molecule has 0 aliphatic carbocycles. The predicted molar refractivity (Wildman–Crippen MR) is 61.9 cm³/mol. The van der Waals surface area contributed by atoms with Crippen LogP contribution in [-0.4, -0.2) is 36.6 Å². The Hall–Kier alpha value is -1.42. The van der Waals surface area contributed by atoms with Gasteiger partial charge in [0.25, 0.3) is 0 Å². The van der Waals surface area contributed by atoms with E-state index in [0.717, 1.165) is 12.4 Å². The molecule has 1 aromatic rings. The normalized spacial score (nSPS) is 20.9. The van der Waals surface area contributed by atoms with E-state index in [4.69, 9.17) is 4.74 Å². The number of carbonyl (C=O) groups excluding carboxylic acids is 1. The van der Waals surface area contributed by atoms with Gasteiger partial charge in [-0.15, -0.1) is 0 Å². The first-order chi connectivity index (χ1) is 7.70. The minimum absolute atomic E-state index is 0.0572. The van der Waals surface area contributed by atoms with Gasteiger partial charge in [-0.25, -0.2) is 4.98 Å². The Labute approximate surface area is 95.2 Å². The zero-order valence-electron chi connectivity index (χ0n) is 9.64. The molecule has 1 atom stereocenters.